The number of ether oxygens (including phenoxy) is 1. The summed E-state index contributed by atoms with van der Waals surface area (Å²) >= 11 is 0. The largest absolute Gasteiger partial charge is 0.394 e. The third kappa shape index (κ3) is 5.57. The van der Waals surface area contributed by atoms with E-state index in [2.05, 4.69) is 11.8 Å². The molecule has 0 heterocycles. The SMILES string of the molecule is CC#CCOC[C@H](O)CO. The molecule has 0 spiro atoms. The second-order valence-electron chi connectivity index (χ2n) is 1.78. The average molecular weight is 144 g/mol. The zero-order chi connectivity index (χ0) is 7.82. The molecule has 0 radical (unpaired) electrons. The van der Waals surface area contributed by atoms with Crippen LogP contribution in [-0.4, -0.2) is 36.1 Å². The first-order chi connectivity index (χ1) is 4.81. The summed E-state index contributed by atoms with van der Waals surface area (Å²) < 4.78 is 4.84. The van der Waals surface area contributed by atoms with Crippen LogP contribution in [0.15, 0.2) is 0 Å². The van der Waals surface area contributed by atoms with Gasteiger partial charge in [-0.15, -0.1) is 5.92 Å². The summed E-state index contributed by atoms with van der Waals surface area (Å²) in [7, 11) is 0. The van der Waals surface area contributed by atoms with Gasteiger partial charge in [0.15, 0.2) is 0 Å². The maximum atomic E-state index is 8.73. The predicted molar refractivity (Wildman–Crippen MR) is 37.4 cm³/mol. The van der Waals surface area contributed by atoms with Gasteiger partial charge in [0.05, 0.1) is 13.2 Å². The fraction of sp³-hybridized carbons (Fsp3) is 0.714. The standard InChI is InChI=1S/C7H12O3/c1-2-3-4-10-6-7(9)5-8/h7-9H,4-6H2,1H3/t7-/m1/s1. The van der Waals surface area contributed by atoms with Crippen LogP contribution >= 0.6 is 0 Å². The average Bonchev–Trinajstić information content (AvgIpc) is 1.98. The van der Waals surface area contributed by atoms with Gasteiger partial charge in [-0.2, -0.15) is 0 Å². The molecule has 10 heavy (non-hydrogen) atoms. The molecule has 58 valence electrons. The first-order valence-electron chi connectivity index (χ1n) is 3.07. The summed E-state index contributed by atoms with van der Waals surface area (Å²) in [6.07, 6.45) is -0.779. The van der Waals surface area contributed by atoms with Crippen LogP contribution in [0, 0.1) is 11.8 Å². The number of rotatable bonds is 4. The maximum Gasteiger partial charge on any atom is 0.107 e. The topological polar surface area (TPSA) is 49.7 Å². The lowest BCUT2D eigenvalue weighted by Crippen LogP contribution is -2.19. The molecule has 0 saturated heterocycles. The van der Waals surface area contributed by atoms with Crippen LogP contribution in [0.2, 0.25) is 0 Å². The van der Waals surface area contributed by atoms with Gasteiger partial charge in [0.1, 0.15) is 12.7 Å². The van der Waals surface area contributed by atoms with Gasteiger partial charge >= 0.3 is 0 Å². The third-order valence-corrected chi connectivity index (χ3v) is 0.872. The monoisotopic (exact) mass is 144 g/mol. The molecular weight excluding hydrogens is 132 g/mol. The number of hydrogen-bond acceptors (Lipinski definition) is 3. The molecule has 0 aliphatic heterocycles. The van der Waals surface area contributed by atoms with Crippen molar-refractivity contribution in [1.29, 1.82) is 0 Å². The van der Waals surface area contributed by atoms with Crippen LogP contribution in [0.5, 0.6) is 0 Å². The van der Waals surface area contributed by atoms with Crippen LogP contribution in [-0.2, 0) is 4.74 Å². The van der Waals surface area contributed by atoms with Crippen LogP contribution in [0.4, 0.5) is 0 Å². The fourth-order valence-corrected chi connectivity index (χ4v) is 0.371. The van der Waals surface area contributed by atoms with Crippen molar-refractivity contribution in [2.24, 2.45) is 0 Å². The van der Waals surface area contributed by atoms with E-state index in [1.807, 2.05) is 0 Å². The molecule has 0 aromatic rings. The number of aliphatic hydroxyl groups excluding tert-OH is 2. The molecular formula is C7H12O3. The Balaban J connectivity index is 3.08. The summed E-state index contributed by atoms with van der Waals surface area (Å²) in [4.78, 5) is 0. The molecule has 0 amide bonds. The summed E-state index contributed by atoms with van der Waals surface area (Å²) in [5, 5.41) is 17.1. The lowest BCUT2D eigenvalue weighted by molar-refractivity contribution is 0.0164. The molecule has 0 aliphatic rings. The summed E-state index contributed by atoms with van der Waals surface area (Å²) in [6.45, 7) is 1.91. The van der Waals surface area contributed by atoms with E-state index in [1.54, 1.807) is 6.92 Å². The highest BCUT2D eigenvalue weighted by molar-refractivity contribution is 4.94. The van der Waals surface area contributed by atoms with E-state index in [-0.39, 0.29) is 13.2 Å². The minimum atomic E-state index is -0.779. The van der Waals surface area contributed by atoms with E-state index >= 15 is 0 Å². The lowest BCUT2D eigenvalue weighted by atomic mass is 10.4. The van der Waals surface area contributed by atoms with Crippen molar-refractivity contribution in [3.05, 3.63) is 0 Å². The van der Waals surface area contributed by atoms with Gasteiger partial charge in [-0.1, -0.05) is 5.92 Å². The zero-order valence-corrected chi connectivity index (χ0v) is 6.00. The highest BCUT2D eigenvalue weighted by Gasteiger charge is 1.98. The molecule has 0 aliphatic carbocycles. The first kappa shape index (κ1) is 9.44. The molecule has 3 heteroatoms. The number of hydrogen-bond donors (Lipinski definition) is 2. The molecule has 0 saturated carbocycles. The summed E-state index contributed by atoms with van der Waals surface area (Å²) in [5.74, 6) is 5.30. The molecule has 0 unspecified atom stereocenters. The smallest absolute Gasteiger partial charge is 0.107 e. The molecule has 1 atom stereocenters. The Bertz CT molecular complexity index is 123. The Morgan fingerprint density at radius 3 is 2.80 bits per heavy atom. The quantitative estimate of drug-likeness (QED) is 0.408. The van der Waals surface area contributed by atoms with Gasteiger partial charge in [0.2, 0.25) is 0 Å². The normalized spacial score (nSPS) is 11.9. The van der Waals surface area contributed by atoms with Crippen molar-refractivity contribution in [1.82, 2.24) is 0 Å². The van der Waals surface area contributed by atoms with Crippen LogP contribution in [0.25, 0.3) is 0 Å². The van der Waals surface area contributed by atoms with Crippen molar-refractivity contribution >= 4 is 0 Å². The van der Waals surface area contributed by atoms with E-state index in [9.17, 15) is 0 Å². The third-order valence-electron chi connectivity index (χ3n) is 0.872. The highest BCUT2D eigenvalue weighted by atomic mass is 16.5. The van der Waals surface area contributed by atoms with Gasteiger partial charge in [-0.25, -0.2) is 0 Å². The summed E-state index contributed by atoms with van der Waals surface area (Å²) in [5.41, 5.74) is 0. The van der Waals surface area contributed by atoms with Gasteiger partial charge < -0.3 is 14.9 Å². The second-order valence-corrected chi connectivity index (χ2v) is 1.78. The highest BCUT2D eigenvalue weighted by Crippen LogP contribution is 1.81. The van der Waals surface area contributed by atoms with Crippen molar-refractivity contribution in [2.45, 2.75) is 13.0 Å². The number of aliphatic hydroxyl groups is 2. The maximum absolute atomic E-state index is 8.73. The van der Waals surface area contributed by atoms with E-state index < -0.39 is 6.10 Å². The van der Waals surface area contributed by atoms with Gasteiger partial charge in [0, 0.05) is 0 Å². The molecule has 0 aromatic carbocycles. The van der Waals surface area contributed by atoms with E-state index in [4.69, 9.17) is 14.9 Å². The van der Waals surface area contributed by atoms with Crippen molar-refractivity contribution in [3.63, 3.8) is 0 Å². The Kier molecular flexibility index (Phi) is 6.19. The minimum Gasteiger partial charge on any atom is -0.394 e. The Morgan fingerprint density at radius 2 is 2.30 bits per heavy atom. The van der Waals surface area contributed by atoms with Crippen LogP contribution in [0.3, 0.4) is 0 Å². The Hall–Kier alpha value is -0.560. The molecule has 0 rings (SSSR count). The molecule has 2 N–H and O–H groups in total. The first-order valence-corrected chi connectivity index (χ1v) is 3.07. The Morgan fingerprint density at radius 1 is 1.60 bits per heavy atom. The van der Waals surface area contributed by atoms with E-state index in [0.29, 0.717) is 6.61 Å². The molecule has 0 fully saturated rings. The van der Waals surface area contributed by atoms with Gasteiger partial charge in [0.25, 0.3) is 0 Å². The van der Waals surface area contributed by atoms with Crippen molar-refractivity contribution < 1.29 is 14.9 Å². The van der Waals surface area contributed by atoms with Crippen molar-refractivity contribution in [2.75, 3.05) is 19.8 Å². The molecule has 0 bridgehead atoms. The second kappa shape index (κ2) is 6.56. The molecule has 0 aromatic heterocycles. The fourth-order valence-electron chi connectivity index (χ4n) is 0.371. The van der Waals surface area contributed by atoms with Crippen molar-refractivity contribution in [3.8, 4) is 11.8 Å². The zero-order valence-electron chi connectivity index (χ0n) is 6.00. The Labute approximate surface area is 60.6 Å². The van der Waals surface area contributed by atoms with E-state index in [1.165, 1.54) is 0 Å². The lowest BCUT2D eigenvalue weighted by Gasteiger charge is -2.04. The molecule has 3 nitrogen and oxygen atoms in total. The predicted octanol–water partition coefficient (Wildman–Crippen LogP) is -0.620. The summed E-state index contributed by atoms with van der Waals surface area (Å²) in [6, 6.07) is 0. The van der Waals surface area contributed by atoms with Gasteiger partial charge in [-0.3, -0.25) is 0 Å². The van der Waals surface area contributed by atoms with Crippen LogP contribution < -0.4 is 0 Å². The van der Waals surface area contributed by atoms with Crippen LogP contribution in [0.1, 0.15) is 6.92 Å². The van der Waals surface area contributed by atoms with Gasteiger partial charge in [-0.05, 0) is 6.92 Å². The minimum absolute atomic E-state index is 0.144. The van der Waals surface area contributed by atoms with E-state index in [0.717, 1.165) is 0 Å².